The number of benzene rings is 3. The number of nitrogen functional groups attached to an aromatic ring is 1. The maximum atomic E-state index is 11.8. The van der Waals surface area contributed by atoms with Crippen molar-refractivity contribution in [1.29, 1.82) is 0 Å². The molecule has 0 saturated carbocycles. The van der Waals surface area contributed by atoms with Gasteiger partial charge in [0.05, 0.1) is 26.6 Å². The SMILES string of the molecule is Nc1c(N=Nc2ccc([N+](=O)[O-])cc2)cc(S(=O)(=O)O)c2cc(S(=O)(=O)O)cc(O)c12. The standard InChI is InChI=1S/C16H12N4O9S2/c17-16-12(19-18-8-1-3-9(4-2-8)20(22)23)7-14(31(27,28)29)11-5-10(30(24,25)26)6-13(21)15(11)16/h1-7,21H,17H2,(H,24,25,26)(H,27,28,29). The van der Waals surface area contributed by atoms with E-state index < -0.39 is 46.1 Å². The van der Waals surface area contributed by atoms with E-state index in [-0.39, 0.29) is 28.1 Å². The lowest BCUT2D eigenvalue weighted by molar-refractivity contribution is -0.384. The fourth-order valence-corrected chi connectivity index (χ4v) is 3.91. The zero-order valence-corrected chi connectivity index (χ0v) is 16.7. The first-order valence-corrected chi connectivity index (χ1v) is 10.9. The number of phenolic OH excluding ortho intramolecular Hbond substituents is 1. The van der Waals surface area contributed by atoms with E-state index >= 15 is 0 Å². The molecular formula is C16H12N4O9S2. The summed E-state index contributed by atoms with van der Waals surface area (Å²) in [6, 6.07) is 6.97. The number of aromatic hydroxyl groups is 1. The van der Waals surface area contributed by atoms with E-state index in [0.29, 0.717) is 12.1 Å². The summed E-state index contributed by atoms with van der Waals surface area (Å²) in [5, 5.41) is 27.6. The molecule has 0 aliphatic carbocycles. The Bertz CT molecular complexity index is 1470. The summed E-state index contributed by atoms with van der Waals surface area (Å²) in [6.07, 6.45) is 0. The molecule has 162 valence electrons. The number of hydrogen-bond donors (Lipinski definition) is 4. The van der Waals surface area contributed by atoms with Gasteiger partial charge in [-0.2, -0.15) is 21.9 Å². The second-order valence-electron chi connectivity index (χ2n) is 6.10. The average Bonchev–Trinajstić information content (AvgIpc) is 2.65. The predicted molar refractivity (Wildman–Crippen MR) is 107 cm³/mol. The number of anilines is 1. The molecule has 3 rings (SSSR count). The number of non-ortho nitro benzene ring substituents is 1. The van der Waals surface area contributed by atoms with Gasteiger partial charge in [-0.3, -0.25) is 19.2 Å². The normalized spacial score (nSPS) is 12.5. The number of rotatable bonds is 5. The molecule has 0 atom stereocenters. The van der Waals surface area contributed by atoms with Gasteiger partial charge in [0, 0.05) is 23.6 Å². The van der Waals surface area contributed by atoms with Crippen LogP contribution in [0.1, 0.15) is 0 Å². The molecule has 0 aliphatic heterocycles. The second-order valence-corrected chi connectivity index (χ2v) is 8.91. The van der Waals surface area contributed by atoms with E-state index in [4.69, 9.17) is 5.73 Å². The van der Waals surface area contributed by atoms with E-state index in [9.17, 15) is 41.2 Å². The summed E-state index contributed by atoms with van der Waals surface area (Å²) in [5.74, 6) is -0.806. The average molecular weight is 468 g/mol. The highest BCUT2D eigenvalue weighted by Gasteiger charge is 2.24. The smallest absolute Gasteiger partial charge is 0.295 e. The first kappa shape index (κ1) is 22.0. The van der Waals surface area contributed by atoms with Crippen LogP contribution in [0.15, 0.2) is 62.5 Å². The van der Waals surface area contributed by atoms with Crippen molar-refractivity contribution in [3.63, 3.8) is 0 Å². The highest BCUT2D eigenvalue weighted by Crippen LogP contribution is 2.42. The molecule has 0 aliphatic rings. The van der Waals surface area contributed by atoms with Gasteiger partial charge in [-0.15, -0.1) is 5.11 Å². The Hall–Kier alpha value is -3.66. The molecule has 0 spiro atoms. The summed E-state index contributed by atoms with van der Waals surface area (Å²) in [5.41, 5.74) is 5.25. The highest BCUT2D eigenvalue weighted by atomic mass is 32.2. The molecule has 0 unspecified atom stereocenters. The van der Waals surface area contributed by atoms with Crippen LogP contribution in [0.5, 0.6) is 5.75 Å². The minimum absolute atomic E-state index is 0.143. The van der Waals surface area contributed by atoms with Gasteiger partial charge in [0.15, 0.2) is 0 Å². The van der Waals surface area contributed by atoms with Gasteiger partial charge in [-0.05, 0) is 24.3 Å². The van der Waals surface area contributed by atoms with Gasteiger partial charge in [-0.1, -0.05) is 0 Å². The van der Waals surface area contributed by atoms with Crippen LogP contribution in [0.3, 0.4) is 0 Å². The minimum atomic E-state index is -4.97. The van der Waals surface area contributed by atoms with E-state index in [0.717, 1.165) is 18.2 Å². The molecule has 0 amide bonds. The number of nitro groups is 1. The topological polar surface area (TPSA) is 223 Å². The Labute approximate surface area is 174 Å². The van der Waals surface area contributed by atoms with Gasteiger partial charge in [0.25, 0.3) is 25.9 Å². The van der Waals surface area contributed by atoms with Crippen molar-refractivity contribution in [3.05, 3.63) is 52.6 Å². The maximum Gasteiger partial charge on any atom is 0.295 e. The first-order valence-electron chi connectivity index (χ1n) is 7.99. The summed E-state index contributed by atoms with van der Waals surface area (Å²) < 4.78 is 65.2. The molecule has 3 aromatic rings. The number of nitrogens with zero attached hydrogens (tertiary/aromatic N) is 3. The van der Waals surface area contributed by atoms with Crippen LogP contribution in [0, 0.1) is 10.1 Å². The second kappa shape index (κ2) is 7.55. The third-order valence-electron chi connectivity index (χ3n) is 4.08. The summed E-state index contributed by atoms with van der Waals surface area (Å²) >= 11 is 0. The lowest BCUT2D eigenvalue weighted by atomic mass is 10.1. The third kappa shape index (κ3) is 4.43. The molecule has 0 bridgehead atoms. The van der Waals surface area contributed by atoms with Crippen LogP contribution >= 0.6 is 0 Å². The van der Waals surface area contributed by atoms with Gasteiger partial charge >= 0.3 is 0 Å². The molecular weight excluding hydrogens is 456 g/mol. The Kier molecular flexibility index (Phi) is 5.36. The minimum Gasteiger partial charge on any atom is -0.507 e. The van der Waals surface area contributed by atoms with Crippen molar-refractivity contribution in [2.45, 2.75) is 9.79 Å². The first-order chi connectivity index (χ1) is 14.3. The van der Waals surface area contributed by atoms with Crippen LogP contribution in [-0.2, 0) is 20.2 Å². The molecule has 5 N–H and O–H groups in total. The molecule has 13 nitrogen and oxygen atoms in total. The van der Waals surface area contributed by atoms with Crippen LogP contribution in [0.2, 0.25) is 0 Å². The molecule has 3 aromatic carbocycles. The van der Waals surface area contributed by atoms with Crippen molar-refractivity contribution in [1.82, 2.24) is 0 Å². The predicted octanol–water partition coefficient (Wildman–Crippen LogP) is 2.94. The molecule has 31 heavy (non-hydrogen) atoms. The quantitative estimate of drug-likeness (QED) is 0.141. The van der Waals surface area contributed by atoms with Crippen molar-refractivity contribution < 1.29 is 36.0 Å². The van der Waals surface area contributed by atoms with Gasteiger partial charge in [0.2, 0.25) is 0 Å². The van der Waals surface area contributed by atoms with Gasteiger partial charge in [0.1, 0.15) is 16.3 Å². The van der Waals surface area contributed by atoms with Crippen molar-refractivity contribution >= 4 is 53.8 Å². The van der Waals surface area contributed by atoms with Gasteiger partial charge in [-0.25, -0.2) is 0 Å². The largest absolute Gasteiger partial charge is 0.507 e. The van der Waals surface area contributed by atoms with Crippen molar-refractivity contribution in [3.8, 4) is 5.75 Å². The van der Waals surface area contributed by atoms with Crippen molar-refractivity contribution in [2.75, 3.05) is 5.73 Å². The number of fused-ring (bicyclic) bond motifs is 1. The zero-order chi connectivity index (χ0) is 23.1. The van der Waals surface area contributed by atoms with Crippen molar-refractivity contribution in [2.24, 2.45) is 10.2 Å². The Morgan fingerprint density at radius 3 is 2.06 bits per heavy atom. The van der Waals surface area contributed by atoms with E-state index in [1.807, 2.05) is 0 Å². The Morgan fingerprint density at radius 1 is 0.935 bits per heavy atom. The number of phenols is 1. The highest BCUT2D eigenvalue weighted by molar-refractivity contribution is 7.86. The summed E-state index contributed by atoms with van der Waals surface area (Å²) in [6.45, 7) is 0. The van der Waals surface area contributed by atoms with E-state index in [1.165, 1.54) is 12.1 Å². The van der Waals surface area contributed by atoms with E-state index in [1.54, 1.807) is 0 Å². The maximum absolute atomic E-state index is 11.8. The fraction of sp³-hybridized carbons (Fsp3) is 0. The van der Waals surface area contributed by atoms with E-state index in [2.05, 4.69) is 10.2 Å². The van der Waals surface area contributed by atoms with Crippen LogP contribution < -0.4 is 5.73 Å². The number of azo groups is 1. The van der Waals surface area contributed by atoms with Crippen LogP contribution in [-0.4, -0.2) is 36.0 Å². The lowest BCUT2D eigenvalue weighted by Gasteiger charge is -2.12. The number of nitro benzene ring substituents is 1. The Balaban J connectivity index is 2.25. The molecule has 15 heteroatoms. The number of hydrogen-bond acceptors (Lipinski definition) is 10. The number of nitrogens with two attached hydrogens (primary N) is 1. The third-order valence-corrected chi connectivity index (χ3v) is 5.80. The molecule has 0 saturated heterocycles. The molecule has 0 heterocycles. The monoisotopic (exact) mass is 468 g/mol. The molecule has 0 radical (unpaired) electrons. The summed E-state index contributed by atoms with van der Waals surface area (Å²) in [4.78, 5) is 8.38. The van der Waals surface area contributed by atoms with Crippen LogP contribution in [0.25, 0.3) is 10.8 Å². The summed E-state index contributed by atoms with van der Waals surface area (Å²) in [7, 11) is -9.79. The lowest BCUT2D eigenvalue weighted by Crippen LogP contribution is -2.04. The molecule has 0 fully saturated rings. The van der Waals surface area contributed by atoms with Crippen LogP contribution in [0.4, 0.5) is 22.7 Å². The van der Waals surface area contributed by atoms with Gasteiger partial charge < -0.3 is 10.8 Å². The molecule has 0 aromatic heterocycles. The Morgan fingerprint density at radius 2 is 1.55 bits per heavy atom. The fourth-order valence-electron chi connectivity index (χ4n) is 2.68. The zero-order valence-electron chi connectivity index (χ0n) is 15.1.